The molecular formula is C30H24. The van der Waals surface area contributed by atoms with Crippen molar-refractivity contribution in [1.29, 1.82) is 0 Å². The Labute approximate surface area is 176 Å². The van der Waals surface area contributed by atoms with Crippen molar-refractivity contribution in [1.82, 2.24) is 0 Å². The van der Waals surface area contributed by atoms with Crippen molar-refractivity contribution in [2.24, 2.45) is 0 Å². The molecule has 0 unspecified atom stereocenters. The van der Waals surface area contributed by atoms with Crippen LogP contribution < -0.4 is 0 Å². The van der Waals surface area contributed by atoms with E-state index in [1.54, 1.807) is 0 Å². The molecule has 0 heterocycles. The Kier molecular flexibility index (Phi) is 3.99. The summed E-state index contributed by atoms with van der Waals surface area (Å²) in [6.45, 7) is 2.26. The van der Waals surface area contributed by atoms with E-state index < -0.39 is 0 Å². The maximum absolute atomic E-state index is 2.38. The highest BCUT2D eigenvalue weighted by Gasteiger charge is 2.09. The van der Waals surface area contributed by atoms with Crippen LogP contribution in [-0.4, -0.2) is 0 Å². The first-order chi connectivity index (χ1) is 14.8. The van der Waals surface area contributed by atoms with Crippen LogP contribution in [0, 0.1) is 0 Å². The maximum atomic E-state index is 2.38. The number of fused-ring (bicyclic) bond motifs is 9. The van der Waals surface area contributed by atoms with Crippen LogP contribution in [0.2, 0.25) is 0 Å². The third kappa shape index (κ3) is 2.60. The predicted octanol–water partition coefficient (Wildman–Crippen LogP) is 8.80. The monoisotopic (exact) mass is 384 g/mol. The molecule has 0 bridgehead atoms. The smallest absolute Gasteiger partial charge is 0.00987 e. The molecule has 0 N–H and O–H groups in total. The quantitative estimate of drug-likeness (QED) is 0.267. The number of hydrogen-bond acceptors (Lipinski definition) is 0. The van der Waals surface area contributed by atoms with Crippen molar-refractivity contribution in [3.05, 3.63) is 96.6 Å². The Morgan fingerprint density at radius 1 is 0.467 bits per heavy atom. The summed E-state index contributed by atoms with van der Waals surface area (Å²) < 4.78 is 0. The Bertz CT molecular complexity index is 1570. The number of aryl methyl sites for hydroxylation is 1. The minimum atomic E-state index is 1.17. The number of benzene rings is 6. The second-order valence-corrected chi connectivity index (χ2v) is 8.43. The Morgan fingerprint density at radius 3 is 1.63 bits per heavy atom. The van der Waals surface area contributed by atoms with Gasteiger partial charge in [-0.1, -0.05) is 104 Å². The average molecular weight is 385 g/mol. The summed E-state index contributed by atoms with van der Waals surface area (Å²) >= 11 is 0. The van der Waals surface area contributed by atoms with Gasteiger partial charge < -0.3 is 0 Å². The SMILES string of the molecule is CCCCc1ccc2c(ccc3c2ccc2c4ccc5ccccc5c4ccc32)c1. The van der Waals surface area contributed by atoms with Gasteiger partial charge in [0.05, 0.1) is 0 Å². The van der Waals surface area contributed by atoms with Crippen LogP contribution in [0.3, 0.4) is 0 Å². The average Bonchev–Trinajstić information content (AvgIpc) is 2.81. The molecule has 0 radical (unpaired) electrons. The lowest BCUT2D eigenvalue weighted by atomic mass is 9.92. The lowest BCUT2D eigenvalue weighted by Gasteiger charge is -2.12. The number of unbranched alkanes of at least 4 members (excludes halogenated alkanes) is 1. The third-order valence-corrected chi connectivity index (χ3v) is 6.62. The molecule has 0 aliphatic heterocycles. The van der Waals surface area contributed by atoms with E-state index in [0.717, 1.165) is 0 Å². The number of rotatable bonds is 3. The zero-order valence-corrected chi connectivity index (χ0v) is 17.3. The summed E-state index contributed by atoms with van der Waals surface area (Å²) in [5.74, 6) is 0. The van der Waals surface area contributed by atoms with Crippen molar-refractivity contribution >= 4 is 53.9 Å². The molecule has 0 spiro atoms. The van der Waals surface area contributed by atoms with E-state index in [2.05, 4.69) is 97.9 Å². The fraction of sp³-hybridized carbons (Fsp3) is 0.133. The Morgan fingerprint density at radius 2 is 0.967 bits per heavy atom. The van der Waals surface area contributed by atoms with Crippen LogP contribution in [0.15, 0.2) is 91.0 Å². The zero-order valence-electron chi connectivity index (χ0n) is 17.3. The maximum Gasteiger partial charge on any atom is -0.00987 e. The van der Waals surface area contributed by atoms with Gasteiger partial charge in [0.1, 0.15) is 0 Å². The molecule has 6 aromatic rings. The van der Waals surface area contributed by atoms with E-state index in [1.165, 1.54) is 78.7 Å². The molecule has 30 heavy (non-hydrogen) atoms. The summed E-state index contributed by atoms with van der Waals surface area (Å²) in [6.07, 6.45) is 3.67. The van der Waals surface area contributed by atoms with E-state index in [1.807, 2.05) is 0 Å². The normalized spacial score (nSPS) is 11.9. The van der Waals surface area contributed by atoms with Crippen LogP contribution in [0.25, 0.3) is 53.9 Å². The topological polar surface area (TPSA) is 0 Å². The molecule has 6 rings (SSSR count). The lowest BCUT2D eigenvalue weighted by molar-refractivity contribution is 0.796. The van der Waals surface area contributed by atoms with Crippen LogP contribution in [-0.2, 0) is 6.42 Å². The van der Waals surface area contributed by atoms with E-state index in [9.17, 15) is 0 Å². The summed E-state index contributed by atoms with van der Waals surface area (Å²) in [4.78, 5) is 0. The summed E-state index contributed by atoms with van der Waals surface area (Å²) in [6, 6.07) is 34.1. The molecule has 0 atom stereocenters. The van der Waals surface area contributed by atoms with Crippen molar-refractivity contribution in [2.75, 3.05) is 0 Å². The second-order valence-electron chi connectivity index (χ2n) is 8.43. The molecule has 0 nitrogen and oxygen atoms in total. The zero-order chi connectivity index (χ0) is 20.1. The highest BCUT2D eigenvalue weighted by molar-refractivity contribution is 6.24. The van der Waals surface area contributed by atoms with E-state index >= 15 is 0 Å². The van der Waals surface area contributed by atoms with Gasteiger partial charge >= 0.3 is 0 Å². The van der Waals surface area contributed by atoms with Crippen LogP contribution >= 0.6 is 0 Å². The molecule has 0 amide bonds. The molecule has 0 aromatic heterocycles. The van der Waals surface area contributed by atoms with E-state index in [4.69, 9.17) is 0 Å². The third-order valence-electron chi connectivity index (χ3n) is 6.62. The molecular weight excluding hydrogens is 360 g/mol. The molecule has 0 aliphatic carbocycles. The van der Waals surface area contributed by atoms with Crippen molar-refractivity contribution in [3.63, 3.8) is 0 Å². The standard InChI is InChI=1S/C30H24/c1-2-3-6-20-9-12-24-22(19-20)11-14-28-26(24)16-18-29-27-13-10-21-7-4-5-8-23(21)25(27)15-17-30(28)29/h4-5,7-19H,2-3,6H2,1H3. The predicted molar refractivity (Wildman–Crippen MR) is 133 cm³/mol. The van der Waals surface area contributed by atoms with Gasteiger partial charge in [-0.25, -0.2) is 0 Å². The largest absolute Gasteiger partial charge is 0.0654 e. The Balaban J connectivity index is 1.63. The number of hydrogen-bond donors (Lipinski definition) is 0. The van der Waals surface area contributed by atoms with Gasteiger partial charge in [-0.05, 0) is 72.3 Å². The first kappa shape index (κ1) is 17.5. The van der Waals surface area contributed by atoms with Crippen LogP contribution in [0.5, 0.6) is 0 Å². The molecule has 144 valence electrons. The first-order valence-electron chi connectivity index (χ1n) is 11.0. The van der Waals surface area contributed by atoms with Crippen molar-refractivity contribution in [3.8, 4) is 0 Å². The van der Waals surface area contributed by atoms with Gasteiger partial charge in [0, 0.05) is 0 Å². The van der Waals surface area contributed by atoms with Gasteiger partial charge in [-0.2, -0.15) is 0 Å². The fourth-order valence-corrected chi connectivity index (χ4v) is 5.05. The van der Waals surface area contributed by atoms with E-state index in [0.29, 0.717) is 0 Å². The minimum absolute atomic E-state index is 1.17. The fourth-order valence-electron chi connectivity index (χ4n) is 5.05. The lowest BCUT2D eigenvalue weighted by Crippen LogP contribution is -1.87. The molecule has 0 saturated heterocycles. The highest BCUT2D eigenvalue weighted by Crippen LogP contribution is 2.37. The summed E-state index contributed by atoms with van der Waals surface area (Å²) in [7, 11) is 0. The second kappa shape index (κ2) is 6.85. The summed E-state index contributed by atoms with van der Waals surface area (Å²) in [5.41, 5.74) is 1.45. The van der Waals surface area contributed by atoms with E-state index in [-0.39, 0.29) is 0 Å². The highest BCUT2D eigenvalue weighted by atomic mass is 14.1. The van der Waals surface area contributed by atoms with Crippen molar-refractivity contribution in [2.45, 2.75) is 26.2 Å². The molecule has 0 aliphatic rings. The minimum Gasteiger partial charge on any atom is -0.0654 e. The van der Waals surface area contributed by atoms with Gasteiger partial charge in [0.2, 0.25) is 0 Å². The molecule has 0 heteroatoms. The molecule has 0 saturated carbocycles. The Hall–Kier alpha value is -3.38. The van der Waals surface area contributed by atoms with Crippen LogP contribution in [0.4, 0.5) is 0 Å². The first-order valence-corrected chi connectivity index (χ1v) is 11.0. The summed E-state index contributed by atoms with van der Waals surface area (Å²) in [5, 5.41) is 13.4. The molecule has 0 fully saturated rings. The van der Waals surface area contributed by atoms with Gasteiger partial charge in [0.25, 0.3) is 0 Å². The van der Waals surface area contributed by atoms with Gasteiger partial charge in [-0.3, -0.25) is 0 Å². The van der Waals surface area contributed by atoms with Crippen molar-refractivity contribution < 1.29 is 0 Å². The van der Waals surface area contributed by atoms with Gasteiger partial charge in [-0.15, -0.1) is 0 Å². The molecule has 6 aromatic carbocycles. The van der Waals surface area contributed by atoms with Crippen LogP contribution in [0.1, 0.15) is 25.3 Å². The van der Waals surface area contributed by atoms with Gasteiger partial charge in [0.15, 0.2) is 0 Å².